The number of esters is 1. The minimum absolute atomic E-state index is 0.0281. The first-order valence-corrected chi connectivity index (χ1v) is 10.9. The zero-order valence-corrected chi connectivity index (χ0v) is 18.4. The number of benzene rings is 1. The molecule has 0 saturated heterocycles. The standard InChI is InChI=1S/C18H23N3O6S2/c1-11-6-7-14(29(25,26)20(4)5)8-15(11)19-17(23)13(3)27-16(22)9-21-12(2)10-28-18(21)24/h6-8,10,13H,9H2,1-5H3,(H,19,23)/t13-/m0/s1. The number of carbonyl (C=O) groups is 2. The van der Waals surface area contributed by atoms with Crippen LogP contribution >= 0.6 is 11.3 Å². The molecule has 0 aliphatic heterocycles. The van der Waals surface area contributed by atoms with Crippen LogP contribution < -0.4 is 10.2 Å². The molecule has 1 N–H and O–H groups in total. The number of amides is 1. The monoisotopic (exact) mass is 441 g/mol. The van der Waals surface area contributed by atoms with Gasteiger partial charge in [-0.3, -0.25) is 19.0 Å². The summed E-state index contributed by atoms with van der Waals surface area (Å²) in [6.45, 7) is 4.51. The number of aromatic nitrogens is 1. The lowest BCUT2D eigenvalue weighted by atomic mass is 10.2. The summed E-state index contributed by atoms with van der Waals surface area (Å²) in [5.41, 5.74) is 1.57. The predicted molar refractivity (Wildman–Crippen MR) is 110 cm³/mol. The van der Waals surface area contributed by atoms with Crippen LogP contribution in [0.5, 0.6) is 0 Å². The van der Waals surface area contributed by atoms with Gasteiger partial charge in [-0.2, -0.15) is 0 Å². The molecule has 11 heteroatoms. The third-order valence-electron chi connectivity index (χ3n) is 4.19. The average Bonchev–Trinajstić information content (AvgIpc) is 2.94. The van der Waals surface area contributed by atoms with Crippen LogP contribution in [0.4, 0.5) is 5.69 Å². The maximum atomic E-state index is 12.4. The molecule has 158 valence electrons. The fourth-order valence-electron chi connectivity index (χ4n) is 2.35. The molecule has 1 heterocycles. The Morgan fingerprint density at radius 2 is 1.93 bits per heavy atom. The van der Waals surface area contributed by atoms with Gasteiger partial charge in [-0.05, 0) is 38.5 Å². The van der Waals surface area contributed by atoms with Crippen molar-refractivity contribution in [3.8, 4) is 0 Å². The van der Waals surface area contributed by atoms with Crippen molar-refractivity contribution in [3.63, 3.8) is 0 Å². The van der Waals surface area contributed by atoms with E-state index in [2.05, 4.69) is 5.32 Å². The Hall–Kier alpha value is -2.50. The van der Waals surface area contributed by atoms with Gasteiger partial charge in [0.05, 0.1) is 4.90 Å². The van der Waals surface area contributed by atoms with E-state index in [1.165, 1.54) is 37.7 Å². The van der Waals surface area contributed by atoms with Crippen LogP contribution in [0, 0.1) is 13.8 Å². The van der Waals surface area contributed by atoms with Crippen LogP contribution in [-0.4, -0.2) is 49.4 Å². The number of nitrogens with zero attached hydrogens (tertiary/aromatic N) is 2. The average molecular weight is 442 g/mol. The van der Waals surface area contributed by atoms with Crippen molar-refractivity contribution in [2.75, 3.05) is 19.4 Å². The highest BCUT2D eigenvalue weighted by molar-refractivity contribution is 7.89. The van der Waals surface area contributed by atoms with Gasteiger partial charge < -0.3 is 10.1 Å². The van der Waals surface area contributed by atoms with Crippen LogP contribution in [0.1, 0.15) is 18.2 Å². The summed E-state index contributed by atoms with van der Waals surface area (Å²) in [6, 6.07) is 4.38. The second-order valence-electron chi connectivity index (χ2n) is 6.61. The fraction of sp³-hybridized carbons (Fsp3) is 0.389. The minimum Gasteiger partial charge on any atom is -0.451 e. The molecular formula is C18H23N3O6S2. The molecule has 0 fully saturated rings. The van der Waals surface area contributed by atoms with Gasteiger partial charge in [0.15, 0.2) is 6.10 Å². The first kappa shape index (κ1) is 22.8. The van der Waals surface area contributed by atoms with E-state index in [9.17, 15) is 22.8 Å². The van der Waals surface area contributed by atoms with Crippen molar-refractivity contribution in [2.45, 2.75) is 38.3 Å². The van der Waals surface area contributed by atoms with Gasteiger partial charge in [0.2, 0.25) is 10.0 Å². The van der Waals surface area contributed by atoms with Gasteiger partial charge in [0.25, 0.3) is 5.91 Å². The number of hydrogen-bond donors (Lipinski definition) is 1. The Morgan fingerprint density at radius 1 is 1.28 bits per heavy atom. The summed E-state index contributed by atoms with van der Waals surface area (Å²) in [5.74, 6) is -1.34. The second kappa shape index (κ2) is 8.89. The lowest BCUT2D eigenvalue weighted by Gasteiger charge is -2.17. The normalized spacial score (nSPS) is 12.6. The first-order valence-electron chi connectivity index (χ1n) is 8.62. The van der Waals surface area contributed by atoms with Gasteiger partial charge in [-0.1, -0.05) is 17.4 Å². The Labute approximate surface area is 173 Å². The quantitative estimate of drug-likeness (QED) is 0.649. The number of ether oxygens (including phenoxy) is 1. The van der Waals surface area contributed by atoms with Crippen molar-refractivity contribution in [1.29, 1.82) is 0 Å². The van der Waals surface area contributed by atoms with Crippen molar-refractivity contribution in [2.24, 2.45) is 0 Å². The van der Waals surface area contributed by atoms with E-state index in [0.717, 1.165) is 15.6 Å². The first-order chi connectivity index (χ1) is 13.4. The van der Waals surface area contributed by atoms with E-state index >= 15 is 0 Å². The lowest BCUT2D eigenvalue weighted by molar-refractivity contribution is -0.153. The van der Waals surface area contributed by atoms with Crippen LogP contribution in [0.3, 0.4) is 0 Å². The van der Waals surface area contributed by atoms with Crippen LogP contribution in [0.2, 0.25) is 0 Å². The maximum Gasteiger partial charge on any atom is 0.326 e. The predicted octanol–water partition coefficient (Wildman–Crippen LogP) is 1.35. The van der Waals surface area contributed by atoms with Crippen LogP contribution in [0.25, 0.3) is 0 Å². The summed E-state index contributed by atoms with van der Waals surface area (Å²) < 4.78 is 32.0. The Balaban J connectivity index is 2.09. The lowest BCUT2D eigenvalue weighted by Crippen LogP contribution is -2.32. The molecule has 0 saturated carbocycles. The molecule has 0 unspecified atom stereocenters. The second-order valence-corrected chi connectivity index (χ2v) is 9.59. The molecule has 1 aromatic carbocycles. The molecular weight excluding hydrogens is 418 g/mol. The molecule has 0 spiro atoms. The highest BCUT2D eigenvalue weighted by Crippen LogP contribution is 2.22. The topological polar surface area (TPSA) is 115 Å². The number of carbonyl (C=O) groups excluding carboxylic acids is 2. The molecule has 2 aromatic rings. The zero-order valence-electron chi connectivity index (χ0n) is 16.8. The maximum absolute atomic E-state index is 12.4. The molecule has 0 bridgehead atoms. The highest BCUT2D eigenvalue weighted by atomic mass is 32.2. The van der Waals surface area contributed by atoms with Crippen molar-refractivity contribution < 1.29 is 22.7 Å². The van der Waals surface area contributed by atoms with E-state index in [1.807, 2.05) is 0 Å². The van der Waals surface area contributed by atoms with Crippen molar-refractivity contribution >= 4 is 38.9 Å². The fourth-order valence-corrected chi connectivity index (χ4v) is 4.02. The number of hydrogen-bond acceptors (Lipinski definition) is 7. The summed E-state index contributed by atoms with van der Waals surface area (Å²) in [7, 11) is -0.839. The van der Waals surface area contributed by atoms with Gasteiger partial charge in [-0.25, -0.2) is 12.7 Å². The number of sulfonamides is 1. The highest BCUT2D eigenvalue weighted by Gasteiger charge is 2.22. The Bertz CT molecular complexity index is 1090. The number of thiazole rings is 1. The van der Waals surface area contributed by atoms with Gasteiger partial charge >= 0.3 is 10.8 Å². The summed E-state index contributed by atoms with van der Waals surface area (Å²) in [4.78, 5) is 35.9. The SMILES string of the molecule is Cc1ccc(S(=O)(=O)N(C)C)cc1NC(=O)[C@H](C)OC(=O)Cn1c(C)csc1=O. The van der Waals surface area contributed by atoms with Gasteiger partial charge in [0.1, 0.15) is 6.54 Å². The Kier molecular flexibility index (Phi) is 6.98. The van der Waals surface area contributed by atoms with Gasteiger partial charge in [-0.15, -0.1) is 0 Å². The number of nitrogens with one attached hydrogen (secondary N) is 1. The summed E-state index contributed by atoms with van der Waals surface area (Å²) in [5, 5.41) is 4.21. The van der Waals surface area contributed by atoms with Crippen LogP contribution in [-0.2, 0) is 30.9 Å². The third kappa shape index (κ3) is 5.31. The van der Waals surface area contributed by atoms with E-state index in [0.29, 0.717) is 16.9 Å². The molecule has 29 heavy (non-hydrogen) atoms. The molecule has 2 rings (SSSR count). The molecule has 1 amide bonds. The van der Waals surface area contributed by atoms with Crippen LogP contribution in [0.15, 0.2) is 33.3 Å². The smallest absolute Gasteiger partial charge is 0.326 e. The van der Waals surface area contributed by atoms with E-state index < -0.39 is 28.0 Å². The zero-order chi connectivity index (χ0) is 21.9. The third-order valence-corrected chi connectivity index (χ3v) is 6.88. The summed E-state index contributed by atoms with van der Waals surface area (Å²) in [6.07, 6.45) is -1.13. The molecule has 9 nitrogen and oxygen atoms in total. The molecule has 0 radical (unpaired) electrons. The van der Waals surface area contributed by atoms with Crippen molar-refractivity contribution in [1.82, 2.24) is 8.87 Å². The molecule has 0 aliphatic rings. The summed E-state index contributed by atoms with van der Waals surface area (Å²) >= 11 is 0.975. The van der Waals surface area contributed by atoms with E-state index in [1.54, 1.807) is 25.3 Å². The minimum atomic E-state index is -3.66. The molecule has 0 aliphatic carbocycles. The van der Waals surface area contributed by atoms with E-state index in [4.69, 9.17) is 4.74 Å². The van der Waals surface area contributed by atoms with Gasteiger partial charge in [0, 0.05) is 30.9 Å². The number of rotatable bonds is 7. The number of anilines is 1. The Morgan fingerprint density at radius 3 is 2.48 bits per heavy atom. The number of aryl methyl sites for hydroxylation is 2. The van der Waals surface area contributed by atoms with Crippen molar-refractivity contribution in [3.05, 3.63) is 44.5 Å². The molecule has 1 aromatic heterocycles. The molecule has 1 atom stereocenters. The largest absolute Gasteiger partial charge is 0.451 e. The van der Waals surface area contributed by atoms with E-state index in [-0.39, 0.29) is 16.3 Å².